The standard InChI is InChI=1S/C18H31N5O4S/c1-26-7-4-19-18(28)21-13-10-15-17(25)20-11-14(23(15)12-13)2-3-16(24)22-5-8-27-9-6-22/h13-15H,2-12H2,1H3,(H,20,25)(H2,19,21,28). The molecular formula is C18H31N5O4S. The Balaban J connectivity index is 1.48. The highest BCUT2D eigenvalue weighted by Gasteiger charge is 2.43. The Bertz CT molecular complexity index is 572. The topological polar surface area (TPSA) is 95.2 Å². The molecule has 158 valence electrons. The zero-order valence-corrected chi connectivity index (χ0v) is 17.3. The minimum atomic E-state index is -0.156. The summed E-state index contributed by atoms with van der Waals surface area (Å²) in [5.74, 6) is 0.243. The lowest BCUT2D eigenvalue weighted by atomic mass is 10.0. The van der Waals surface area contributed by atoms with E-state index in [0.29, 0.717) is 64.0 Å². The summed E-state index contributed by atoms with van der Waals surface area (Å²) in [6.45, 7) is 5.15. The van der Waals surface area contributed by atoms with Crippen LogP contribution in [0.2, 0.25) is 0 Å². The summed E-state index contributed by atoms with van der Waals surface area (Å²) in [6, 6.07) is 0.139. The molecule has 3 aliphatic rings. The average Bonchev–Trinajstić information content (AvgIpc) is 3.12. The molecule has 0 aromatic carbocycles. The average molecular weight is 414 g/mol. The number of carbonyl (C=O) groups is 2. The van der Waals surface area contributed by atoms with E-state index in [-0.39, 0.29) is 29.9 Å². The Labute approximate surface area is 171 Å². The number of thiocarbonyl (C=S) groups is 1. The molecule has 2 amide bonds. The van der Waals surface area contributed by atoms with Crippen LogP contribution in [0.3, 0.4) is 0 Å². The number of methoxy groups -OCH3 is 1. The van der Waals surface area contributed by atoms with Gasteiger partial charge in [0.25, 0.3) is 0 Å². The Morgan fingerprint density at radius 3 is 2.93 bits per heavy atom. The Kier molecular flexibility index (Phi) is 7.83. The van der Waals surface area contributed by atoms with E-state index in [0.717, 1.165) is 13.0 Å². The van der Waals surface area contributed by atoms with Crippen molar-refractivity contribution < 1.29 is 19.1 Å². The molecule has 3 aliphatic heterocycles. The van der Waals surface area contributed by atoms with E-state index < -0.39 is 0 Å². The van der Waals surface area contributed by atoms with Gasteiger partial charge in [-0.3, -0.25) is 14.5 Å². The van der Waals surface area contributed by atoms with Crippen molar-refractivity contribution in [1.29, 1.82) is 0 Å². The predicted octanol–water partition coefficient (Wildman–Crippen LogP) is -1.32. The number of piperazine rings is 1. The van der Waals surface area contributed by atoms with Crippen molar-refractivity contribution in [3.63, 3.8) is 0 Å². The van der Waals surface area contributed by atoms with Crippen LogP contribution in [-0.2, 0) is 19.1 Å². The predicted molar refractivity (Wildman–Crippen MR) is 108 cm³/mol. The third kappa shape index (κ3) is 5.53. The summed E-state index contributed by atoms with van der Waals surface area (Å²) >= 11 is 5.33. The summed E-state index contributed by atoms with van der Waals surface area (Å²) in [6.07, 6.45) is 1.96. The lowest BCUT2D eigenvalue weighted by molar-refractivity contribution is -0.135. The summed E-state index contributed by atoms with van der Waals surface area (Å²) in [7, 11) is 1.65. The van der Waals surface area contributed by atoms with Gasteiger partial charge in [-0.25, -0.2) is 0 Å². The van der Waals surface area contributed by atoms with Crippen LogP contribution < -0.4 is 16.0 Å². The fourth-order valence-corrected chi connectivity index (χ4v) is 4.38. The molecule has 3 rings (SSSR count). The van der Waals surface area contributed by atoms with Crippen molar-refractivity contribution in [3.05, 3.63) is 0 Å². The van der Waals surface area contributed by atoms with Gasteiger partial charge in [-0.1, -0.05) is 0 Å². The van der Waals surface area contributed by atoms with Crippen molar-refractivity contribution in [1.82, 2.24) is 25.8 Å². The van der Waals surface area contributed by atoms with E-state index >= 15 is 0 Å². The van der Waals surface area contributed by atoms with Crippen LogP contribution >= 0.6 is 12.2 Å². The van der Waals surface area contributed by atoms with Gasteiger partial charge in [-0.15, -0.1) is 0 Å². The molecule has 28 heavy (non-hydrogen) atoms. The van der Waals surface area contributed by atoms with Gasteiger partial charge in [0.2, 0.25) is 11.8 Å². The van der Waals surface area contributed by atoms with Crippen molar-refractivity contribution >= 4 is 29.1 Å². The zero-order valence-electron chi connectivity index (χ0n) is 16.4. The molecule has 0 aliphatic carbocycles. The maximum Gasteiger partial charge on any atom is 0.237 e. The van der Waals surface area contributed by atoms with Crippen LogP contribution in [0.4, 0.5) is 0 Å². The van der Waals surface area contributed by atoms with Gasteiger partial charge < -0.3 is 30.3 Å². The normalized spacial score (nSPS) is 27.8. The Morgan fingerprint density at radius 2 is 2.18 bits per heavy atom. The second-order valence-electron chi connectivity index (χ2n) is 7.47. The van der Waals surface area contributed by atoms with Gasteiger partial charge in [0.05, 0.1) is 25.9 Å². The highest BCUT2D eigenvalue weighted by atomic mass is 32.1. The minimum absolute atomic E-state index is 0.0679. The highest BCUT2D eigenvalue weighted by Crippen LogP contribution is 2.26. The smallest absolute Gasteiger partial charge is 0.237 e. The van der Waals surface area contributed by atoms with Crippen molar-refractivity contribution in [2.75, 3.05) is 59.7 Å². The van der Waals surface area contributed by atoms with E-state index in [1.54, 1.807) is 7.11 Å². The number of carbonyl (C=O) groups excluding carboxylic acids is 2. The molecule has 0 spiro atoms. The third-order valence-electron chi connectivity index (χ3n) is 5.61. The van der Waals surface area contributed by atoms with Crippen molar-refractivity contribution in [2.45, 2.75) is 37.4 Å². The number of nitrogens with one attached hydrogen (secondary N) is 3. The number of hydrogen-bond acceptors (Lipinski definition) is 6. The number of ether oxygens (including phenoxy) is 2. The molecule has 9 nitrogen and oxygen atoms in total. The first kappa shape index (κ1) is 21.2. The van der Waals surface area contributed by atoms with Crippen LogP contribution in [-0.4, -0.2) is 105 Å². The number of morpholine rings is 1. The fraction of sp³-hybridized carbons (Fsp3) is 0.833. The summed E-state index contributed by atoms with van der Waals surface area (Å²) < 4.78 is 10.3. The van der Waals surface area contributed by atoms with Crippen LogP contribution in [0.5, 0.6) is 0 Å². The fourth-order valence-electron chi connectivity index (χ4n) is 4.11. The molecule has 3 unspecified atom stereocenters. The quantitative estimate of drug-likeness (QED) is 0.349. The van der Waals surface area contributed by atoms with Gasteiger partial charge in [0, 0.05) is 58.3 Å². The number of nitrogens with zero attached hydrogens (tertiary/aromatic N) is 2. The molecule has 3 fully saturated rings. The second kappa shape index (κ2) is 10.3. The summed E-state index contributed by atoms with van der Waals surface area (Å²) in [4.78, 5) is 28.9. The van der Waals surface area contributed by atoms with Crippen LogP contribution in [0.25, 0.3) is 0 Å². The molecule has 0 bridgehead atoms. The van der Waals surface area contributed by atoms with Crippen LogP contribution in [0.1, 0.15) is 19.3 Å². The Hall–Kier alpha value is -1.49. The first-order valence-electron chi connectivity index (χ1n) is 10.0. The maximum atomic E-state index is 12.4. The van der Waals surface area contributed by atoms with Gasteiger partial charge in [0.15, 0.2) is 5.11 Å². The number of amides is 2. The monoisotopic (exact) mass is 413 g/mol. The number of hydrogen-bond donors (Lipinski definition) is 3. The maximum absolute atomic E-state index is 12.4. The molecule has 3 N–H and O–H groups in total. The van der Waals surface area contributed by atoms with E-state index in [1.807, 2.05) is 4.90 Å². The zero-order chi connectivity index (χ0) is 19.9. The lowest BCUT2D eigenvalue weighted by Gasteiger charge is -2.37. The van der Waals surface area contributed by atoms with E-state index in [2.05, 4.69) is 20.9 Å². The second-order valence-corrected chi connectivity index (χ2v) is 7.88. The van der Waals surface area contributed by atoms with Crippen LogP contribution in [0.15, 0.2) is 0 Å². The van der Waals surface area contributed by atoms with Crippen LogP contribution in [0, 0.1) is 0 Å². The molecule has 0 radical (unpaired) electrons. The largest absolute Gasteiger partial charge is 0.383 e. The molecule has 0 aromatic heterocycles. The highest BCUT2D eigenvalue weighted by molar-refractivity contribution is 7.80. The molecule has 3 saturated heterocycles. The molecule has 10 heteroatoms. The van der Waals surface area contributed by atoms with Gasteiger partial charge in [-0.05, 0) is 25.1 Å². The Morgan fingerprint density at radius 1 is 1.39 bits per heavy atom. The minimum Gasteiger partial charge on any atom is -0.383 e. The van der Waals surface area contributed by atoms with Gasteiger partial charge in [0.1, 0.15) is 0 Å². The SMILES string of the molecule is COCCNC(=S)NC1CC2C(=O)NCC(CCC(=O)N3CCOCC3)N2C1. The molecule has 0 aromatic rings. The number of rotatable bonds is 7. The summed E-state index contributed by atoms with van der Waals surface area (Å²) in [5, 5.41) is 10.0. The molecule has 3 heterocycles. The van der Waals surface area contributed by atoms with Gasteiger partial charge in [-0.2, -0.15) is 0 Å². The molecule has 3 atom stereocenters. The van der Waals surface area contributed by atoms with E-state index in [4.69, 9.17) is 21.7 Å². The van der Waals surface area contributed by atoms with E-state index in [9.17, 15) is 9.59 Å². The first-order valence-corrected chi connectivity index (χ1v) is 10.4. The molecular weight excluding hydrogens is 382 g/mol. The number of fused-ring (bicyclic) bond motifs is 1. The third-order valence-corrected chi connectivity index (χ3v) is 5.87. The van der Waals surface area contributed by atoms with Crippen molar-refractivity contribution in [2.24, 2.45) is 0 Å². The van der Waals surface area contributed by atoms with Gasteiger partial charge >= 0.3 is 0 Å². The summed E-state index contributed by atoms with van der Waals surface area (Å²) in [5.41, 5.74) is 0. The van der Waals surface area contributed by atoms with Crippen molar-refractivity contribution in [3.8, 4) is 0 Å². The van der Waals surface area contributed by atoms with E-state index in [1.165, 1.54) is 0 Å². The molecule has 0 saturated carbocycles. The first-order chi connectivity index (χ1) is 13.6. The lowest BCUT2D eigenvalue weighted by Crippen LogP contribution is -2.58.